The number of hydrogen-bond acceptors (Lipinski definition) is 4. The molecule has 106 valence electrons. The lowest BCUT2D eigenvalue weighted by Crippen LogP contribution is -2.26. The van der Waals surface area contributed by atoms with Crippen molar-refractivity contribution in [3.8, 4) is 0 Å². The van der Waals surface area contributed by atoms with Crippen LogP contribution >= 0.6 is 0 Å². The van der Waals surface area contributed by atoms with Gasteiger partial charge in [0.15, 0.2) is 0 Å². The topological polar surface area (TPSA) is 76.0 Å². The maximum absolute atomic E-state index is 11.8. The maximum atomic E-state index is 11.8. The van der Waals surface area contributed by atoms with Crippen molar-refractivity contribution >= 4 is 11.6 Å². The van der Waals surface area contributed by atoms with Crippen LogP contribution in [0.1, 0.15) is 12.5 Å². The van der Waals surface area contributed by atoms with Crippen LogP contribution in [-0.2, 0) is 15.1 Å². The molecule has 6 nitrogen and oxygen atoms in total. The Morgan fingerprint density at radius 3 is 2.40 bits per heavy atom. The van der Waals surface area contributed by atoms with Gasteiger partial charge in [0, 0.05) is 31.8 Å². The van der Waals surface area contributed by atoms with Crippen LogP contribution in [-0.4, -0.2) is 35.9 Å². The molecule has 2 atom stereocenters. The van der Waals surface area contributed by atoms with E-state index in [2.05, 4.69) is 6.58 Å². The summed E-state index contributed by atoms with van der Waals surface area (Å²) < 4.78 is 5.61. The molecule has 1 fully saturated rings. The second kappa shape index (κ2) is 4.72. The number of likely N-dealkylation sites (N-methyl/N-ethyl adjacent to an activating group) is 1. The summed E-state index contributed by atoms with van der Waals surface area (Å²) in [4.78, 5) is 23.5. The fourth-order valence-electron chi connectivity index (χ4n) is 2.15. The van der Waals surface area contributed by atoms with Gasteiger partial charge in [0.1, 0.15) is 11.7 Å². The quantitative estimate of drug-likeness (QED) is 0.364. The van der Waals surface area contributed by atoms with E-state index >= 15 is 0 Å². The highest BCUT2D eigenvalue weighted by molar-refractivity contribution is 5.94. The van der Waals surface area contributed by atoms with Crippen molar-refractivity contribution in [2.24, 2.45) is 0 Å². The Hall–Kier alpha value is -2.21. The number of nitrogens with zero attached hydrogens (tertiary/aromatic N) is 2. The molecule has 1 aromatic carbocycles. The lowest BCUT2D eigenvalue weighted by Gasteiger charge is -2.12. The van der Waals surface area contributed by atoms with Crippen LogP contribution in [0.3, 0.4) is 0 Å². The number of hydrogen-bond donors (Lipinski definition) is 0. The van der Waals surface area contributed by atoms with E-state index in [4.69, 9.17) is 4.74 Å². The molecule has 0 bridgehead atoms. The van der Waals surface area contributed by atoms with Crippen LogP contribution in [0, 0.1) is 10.1 Å². The fraction of sp³-hybridized carbons (Fsp3) is 0.357. The molecule has 1 aliphatic rings. The Morgan fingerprint density at radius 1 is 1.40 bits per heavy atom. The van der Waals surface area contributed by atoms with Gasteiger partial charge < -0.3 is 9.64 Å². The molecule has 0 aliphatic carbocycles. The van der Waals surface area contributed by atoms with Crippen LogP contribution < -0.4 is 0 Å². The number of carbonyl (C=O) groups excluding carboxylic acids is 1. The average molecular weight is 276 g/mol. The smallest absolute Gasteiger partial charge is 0.269 e. The van der Waals surface area contributed by atoms with Crippen LogP contribution in [0.2, 0.25) is 0 Å². The zero-order chi connectivity index (χ0) is 15.1. The summed E-state index contributed by atoms with van der Waals surface area (Å²) in [7, 11) is 3.30. The number of nitro benzene ring substituents is 1. The van der Waals surface area contributed by atoms with E-state index in [1.54, 1.807) is 26.2 Å². The van der Waals surface area contributed by atoms with Gasteiger partial charge in [-0.1, -0.05) is 6.58 Å². The molecule has 1 aromatic rings. The highest BCUT2D eigenvalue weighted by Gasteiger charge is 2.56. The summed E-state index contributed by atoms with van der Waals surface area (Å²) in [6.45, 7) is 5.62. The normalized spacial score (nSPS) is 24.1. The number of carbonyl (C=O) groups is 1. The monoisotopic (exact) mass is 276 g/mol. The van der Waals surface area contributed by atoms with Crippen molar-refractivity contribution in [2.45, 2.75) is 18.6 Å². The van der Waals surface area contributed by atoms with E-state index in [-0.39, 0.29) is 17.7 Å². The maximum Gasteiger partial charge on any atom is 0.269 e. The minimum Gasteiger partial charge on any atom is -0.356 e. The van der Waals surface area contributed by atoms with Crippen LogP contribution in [0.25, 0.3) is 0 Å². The molecular formula is C14H16N2O4. The Kier molecular flexibility index (Phi) is 3.35. The van der Waals surface area contributed by atoms with Gasteiger partial charge in [0.2, 0.25) is 0 Å². The zero-order valence-corrected chi connectivity index (χ0v) is 11.6. The average Bonchev–Trinajstić information content (AvgIpc) is 3.10. The van der Waals surface area contributed by atoms with Crippen LogP contribution in [0.4, 0.5) is 5.69 Å². The first-order chi connectivity index (χ1) is 9.27. The minimum absolute atomic E-state index is 0.0257. The third-order valence-corrected chi connectivity index (χ3v) is 3.45. The van der Waals surface area contributed by atoms with E-state index in [0.29, 0.717) is 5.57 Å². The van der Waals surface area contributed by atoms with Gasteiger partial charge >= 0.3 is 0 Å². The first-order valence-electron chi connectivity index (χ1n) is 6.10. The molecule has 0 radical (unpaired) electrons. The number of non-ortho nitro benzene ring substituents is 1. The second-order valence-corrected chi connectivity index (χ2v) is 5.13. The third kappa shape index (κ3) is 2.30. The predicted octanol–water partition coefficient (Wildman–Crippen LogP) is 1.85. The molecule has 1 heterocycles. The minimum atomic E-state index is -0.641. The molecule has 0 aromatic heterocycles. The van der Waals surface area contributed by atoms with Gasteiger partial charge in [0.05, 0.1) is 4.92 Å². The molecule has 1 amide bonds. The summed E-state index contributed by atoms with van der Waals surface area (Å²) in [6.07, 6.45) is -0.390. The van der Waals surface area contributed by atoms with Crippen LogP contribution in [0.15, 0.2) is 36.4 Å². The Bertz CT molecular complexity index is 579. The van der Waals surface area contributed by atoms with Gasteiger partial charge in [-0.2, -0.15) is 0 Å². The lowest BCUT2D eigenvalue weighted by molar-refractivity contribution is -0.384. The number of epoxide rings is 1. The summed E-state index contributed by atoms with van der Waals surface area (Å²) >= 11 is 0. The van der Waals surface area contributed by atoms with Gasteiger partial charge in [-0.3, -0.25) is 14.9 Å². The Morgan fingerprint density at radius 2 is 1.95 bits per heavy atom. The van der Waals surface area contributed by atoms with Gasteiger partial charge in [-0.05, 0) is 24.6 Å². The van der Waals surface area contributed by atoms with E-state index < -0.39 is 10.5 Å². The van der Waals surface area contributed by atoms with Crippen molar-refractivity contribution in [1.82, 2.24) is 4.90 Å². The Balaban J connectivity index is 2.17. The van der Waals surface area contributed by atoms with Gasteiger partial charge in [-0.25, -0.2) is 0 Å². The van der Waals surface area contributed by atoms with Crippen molar-refractivity contribution in [3.63, 3.8) is 0 Å². The molecule has 20 heavy (non-hydrogen) atoms. The molecule has 2 rings (SSSR count). The van der Waals surface area contributed by atoms with Crippen molar-refractivity contribution in [1.29, 1.82) is 0 Å². The molecule has 0 unspecified atom stereocenters. The first kappa shape index (κ1) is 14.2. The number of amides is 1. The first-order valence-corrected chi connectivity index (χ1v) is 6.10. The summed E-state index contributed by atoms with van der Waals surface area (Å²) in [5.74, 6) is -0.180. The fourth-order valence-corrected chi connectivity index (χ4v) is 2.15. The van der Waals surface area contributed by atoms with E-state index in [1.165, 1.54) is 17.0 Å². The highest BCUT2D eigenvalue weighted by Crippen LogP contribution is 2.49. The molecular weight excluding hydrogens is 260 g/mol. The highest BCUT2D eigenvalue weighted by atomic mass is 16.6. The summed E-state index contributed by atoms with van der Waals surface area (Å²) in [6, 6.07) is 6.14. The predicted molar refractivity (Wildman–Crippen MR) is 73.2 cm³/mol. The van der Waals surface area contributed by atoms with E-state index in [0.717, 1.165) is 5.56 Å². The second-order valence-electron chi connectivity index (χ2n) is 5.13. The molecule has 0 spiro atoms. The molecule has 1 saturated heterocycles. The number of nitro groups is 1. The number of benzene rings is 1. The zero-order valence-electron chi connectivity index (χ0n) is 11.6. The summed E-state index contributed by atoms with van der Waals surface area (Å²) in [5, 5.41) is 10.6. The number of ether oxygens (including phenoxy) is 1. The SMILES string of the molecule is C=C(C(=O)N(C)C)[C@H]1O[C@]1(C)c1ccc([N+](=O)[O-])cc1. The van der Waals surface area contributed by atoms with E-state index in [1.807, 2.05) is 6.92 Å². The molecule has 0 saturated carbocycles. The Labute approximate surface area is 116 Å². The van der Waals surface area contributed by atoms with Gasteiger partial charge in [-0.15, -0.1) is 0 Å². The van der Waals surface area contributed by atoms with Crippen molar-refractivity contribution in [2.75, 3.05) is 14.1 Å². The molecule has 0 N–H and O–H groups in total. The molecule has 6 heteroatoms. The standard InChI is InChI=1S/C14H16N2O4/c1-9(13(17)15(3)4)12-14(2,20-12)10-5-7-11(8-6-10)16(18)19/h5-8,12H,1H2,2-4H3/t12-,14-/m1/s1. The van der Waals surface area contributed by atoms with Crippen molar-refractivity contribution in [3.05, 3.63) is 52.1 Å². The van der Waals surface area contributed by atoms with E-state index in [9.17, 15) is 14.9 Å². The summed E-state index contributed by atoms with van der Waals surface area (Å²) in [5.41, 5.74) is 0.562. The lowest BCUT2D eigenvalue weighted by atomic mass is 9.93. The number of rotatable bonds is 4. The van der Waals surface area contributed by atoms with Crippen LogP contribution in [0.5, 0.6) is 0 Å². The van der Waals surface area contributed by atoms with Crippen molar-refractivity contribution < 1.29 is 14.5 Å². The molecule has 1 aliphatic heterocycles. The largest absolute Gasteiger partial charge is 0.356 e. The van der Waals surface area contributed by atoms with Gasteiger partial charge in [0.25, 0.3) is 11.6 Å². The third-order valence-electron chi connectivity index (χ3n) is 3.45.